The van der Waals surface area contributed by atoms with Crippen molar-refractivity contribution < 1.29 is 14.3 Å². The number of hydrogen-bond donors (Lipinski definition) is 0. The Morgan fingerprint density at radius 3 is 2.61 bits per heavy atom. The van der Waals surface area contributed by atoms with Gasteiger partial charge in [0.1, 0.15) is 10.8 Å². The number of aromatic nitrogens is 2. The van der Waals surface area contributed by atoms with Crippen molar-refractivity contribution in [2.24, 2.45) is 0 Å². The third-order valence-electron chi connectivity index (χ3n) is 4.21. The molecule has 0 amide bonds. The molecule has 28 heavy (non-hydrogen) atoms. The second kappa shape index (κ2) is 7.85. The van der Waals surface area contributed by atoms with E-state index in [1.807, 2.05) is 64.2 Å². The third kappa shape index (κ3) is 4.24. The van der Waals surface area contributed by atoms with Crippen LogP contribution in [0.25, 0.3) is 16.9 Å². The molecule has 1 unspecified atom stereocenters. The van der Waals surface area contributed by atoms with Crippen molar-refractivity contribution in [3.05, 3.63) is 57.3 Å². The van der Waals surface area contributed by atoms with E-state index in [2.05, 4.69) is 20.9 Å². The second-order valence-corrected chi connectivity index (χ2v) is 8.80. The zero-order valence-corrected chi connectivity index (χ0v) is 18.8. The van der Waals surface area contributed by atoms with Crippen LogP contribution < -0.4 is 0 Å². The van der Waals surface area contributed by atoms with Gasteiger partial charge in [0, 0.05) is 21.8 Å². The van der Waals surface area contributed by atoms with Gasteiger partial charge in [-0.3, -0.25) is 4.40 Å². The van der Waals surface area contributed by atoms with E-state index in [9.17, 15) is 4.79 Å². The highest BCUT2D eigenvalue weighted by Gasteiger charge is 2.32. The molecule has 0 aliphatic carbocycles. The minimum Gasteiger partial charge on any atom is -0.467 e. The first-order chi connectivity index (χ1) is 13.1. The molecule has 0 bridgehead atoms. The van der Waals surface area contributed by atoms with Crippen molar-refractivity contribution in [1.29, 1.82) is 0 Å². The lowest BCUT2D eigenvalue weighted by Gasteiger charge is -2.27. The quantitative estimate of drug-likeness (QED) is 0.363. The molecule has 0 fully saturated rings. The summed E-state index contributed by atoms with van der Waals surface area (Å²) in [5.41, 5.74) is 3.27. The molecule has 5 nitrogen and oxygen atoms in total. The molecular weight excluding hydrogens is 444 g/mol. The van der Waals surface area contributed by atoms with E-state index >= 15 is 0 Å². The van der Waals surface area contributed by atoms with Crippen LogP contribution in [-0.4, -0.2) is 28.1 Å². The maximum Gasteiger partial charge on any atom is 0.339 e. The van der Waals surface area contributed by atoms with Crippen LogP contribution in [0.1, 0.15) is 38.0 Å². The van der Waals surface area contributed by atoms with Crippen LogP contribution in [0.2, 0.25) is 5.15 Å². The lowest BCUT2D eigenvalue weighted by Crippen LogP contribution is -2.29. The monoisotopic (exact) mass is 464 g/mol. The van der Waals surface area contributed by atoms with E-state index in [-0.39, 0.29) is 0 Å². The molecule has 3 aromatic rings. The van der Waals surface area contributed by atoms with Gasteiger partial charge < -0.3 is 9.47 Å². The number of esters is 1. The third-order valence-corrected chi connectivity index (χ3v) is 5.09. The number of hydrogen-bond acceptors (Lipinski definition) is 4. The number of halogens is 2. The number of nitrogens with zero attached hydrogens (tertiary/aromatic N) is 2. The number of carbonyl (C=O) groups is 1. The fourth-order valence-corrected chi connectivity index (χ4v) is 3.79. The zero-order chi connectivity index (χ0) is 20.6. The predicted octanol–water partition coefficient (Wildman–Crippen LogP) is 5.75. The summed E-state index contributed by atoms with van der Waals surface area (Å²) in [6, 6.07) is 9.77. The first-order valence-corrected chi connectivity index (χ1v) is 9.97. The maximum atomic E-state index is 12.5. The Labute approximate surface area is 177 Å². The smallest absolute Gasteiger partial charge is 0.339 e. The van der Waals surface area contributed by atoms with Crippen molar-refractivity contribution >= 4 is 39.1 Å². The molecule has 0 N–H and O–H groups in total. The lowest BCUT2D eigenvalue weighted by molar-refractivity contribution is -0.164. The Hall–Kier alpha value is -1.89. The molecule has 1 aromatic carbocycles. The van der Waals surface area contributed by atoms with Crippen molar-refractivity contribution in [1.82, 2.24) is 9.38 Å². The van der Waals surface area contributed by atoms with Crippen molar-refractivity contribution in [3.63, 3.8) is 0 Å². The van der Waals surface area contributed by atoms with Gasteiger partial charge in [-0.2, -0.15) is 0 Å². The van der Waals surface area contributed by atoms with Gasteiger partial charge in [0.15, 0.2) is 6.10 Å². The number of methoxy groups -OCH3 is 1. The molecule has 148 valence electrons. The molecule has 7 heteroatoms. The molecule has 0 aliphatic rings. The van der Waals surface area contributed by atoms with Crippen molar-refractivity contribution in [3.8, 4) is 11.3 Å². The van der Waals surface area contributed by atoms with Gasteiger partial charge in [-0.15, -0.1) is 0 Å². The van der Waals surface area contributed by atoms with E-state index in [0.717, 1.165) is 21.3 Å². The van der Waals surface area contributed by atoms with Crippen LogP contribution in [-0.2, 0) is 14.3 Å². The largest absolute Gasteiger partial charge is 0.467 e. The summed E-state index contributed by atoms with van der Waals surface area (Å²) in [6.45, 7) is 7.53. The van der Waals surface area contributed by atoms with Gasteiger partial charge in [0.05, 0.1) is 18.4 Å². The summed E-state index contributed by atoms with van der Waals surface area (Å²) in [4.78, 5) is 17.1. The number of rotatable bonds is 4. The molecule has 0 radical (unpaired) electrons. The fourth-order valence-electron chi connectivity index (χ4n) is 3.00. The highest BCUT2D eigenvalue weighted by molar-refractivity contribution is 9.10. The topological polar surface area (TPSA) is 52.8 Å². The number of pyridine rings is 1. The SMILES string of the molecule is COC(=O)C(OC(C)(C)C)c1c(C)cc2nc(-c3cccc(Br)c3)cn2c1Cl. The van der Waals surface area contributed by atoms with Crippen LogP contribution in [0, 0.1) is 6.92 Å². The fraction of sp³-hybridized carbons (Fsp3) is 0.333. The van der Waals surface area contributed by atoms with Crippen molar-refractivity contribution in [2.45, 2.75) is 39.4 Å². The van der Waals surface area contributed by atoms with Crippen LogP contribution in [0.5, 0.6) is 0 Å². The highest BCUT2D eigenvalue weighted by Crippen LogP contribution is 2.35. The number of aryl methyl sites for hydroxylation is 1. The predicted molar refractivity (Wildman–Crippen MR) is 114 cm³/mol. The minimum atomic E-state index is -0.932. The second-order valence-electron chi connectivity index (χ2n) is 7.53. The van der Waals surface area contributed by atoms with Gasteiger partial charge in [-0.05, 0) is 51.5 Å². The standard InChI is InChI=1S/C21H22BrClN2O3/c1-12-9-16-24-15(13-7-6-8-14(22)10-13)11-25(16)19(23)17(12)18(20(26)27-5)28-21(2,3)4/h6-11,18H,1-5H3. The number of fused-ring (bicyclic) bond motifs is 1. The number of ether oxygens (including phenoxy) is 2. The average Bonchev–Trinajstić information content (AvgIpc) is 3.03. The van der Waals surface area contributed by atoms with E-state index in [1.54, 1.807) is 4.40 Å². The Kier molecular flexibility index (Phi) is 5.84. The molecule has 0 aliphatic heterocycles. The number of carbonyl (C=O) groups excluding carboxylic acids is 1. The highest BCUT2D eigenvalue weighted by atomic mass is 79.9. The molecule has 0 saturated heterocycles. The van der Waals surface area contributed by atoms with E-state index < -0.39 is 17.7 Å². The van der Waals surface area contributed by atoms with Gasteiger partial charge in [-0.1, -0.05) is 39.7 Å². The van der Waals surface area contributed by atoms with E-state index in [4.69, 9.17) is 21.1 Å². The Balaban J connectivity index is 2.17. The van der Waals surface area contributed by atoms with E-state index in [1.165, 1.54) is 7.11 Å². The van der Waals surface area contributed by atoms with E-state index in [0.29, 0.717) is 16.4 Å². The molecular formula is C21H22BrClN2O3. The first kappa shape index (κ1) is 20.8. The van der Waals surface area contributed by atoms with Crippen LogP contribution in [0.4, 0.5) is 0 Å². The van der Waals surface area contributed by atoms with Gasteiger partial charge in [0.2, 0.25) is 0 Å². The van der Waals surface area contributed by atoms with Crippen LogP contribution in [0.15, 0.2) is 41.0 Å². The molecule has 2 aromatic heterocycles. The Morgan fingerprint density at radius 2 is 2.00 bits per heavy atom. The Bertz CT molecular complexity index is 1040. The molecule has 2 heterocycles. The molecule has 0 spiro atoms. The molecule has 0 saturated carbocycles. The number of benzene rings is 1. The molecule has 1 atom stereocenters. The average molecular weight is 466 g/mol. The first-order valence-electron chi connectivity index (χ1n) is 8.80. The van der Waals surface area contributed by atoms with Gasteiger partial charge >= 0.3 is 5.97 Å². The zero-order valence-electron chi connectivity index (χ0n) is 16.4. The summed E-state index contributed by atoms with van der Waals surface area (Å²) in [5.74, 6) is -0.494. The normalized spacial score (nSPS) is 13.0. The number of imidazole rings is 1. The summed E-state index contributed by atoms with van der Waals surface area (Å²) < 4.78 is 13.7. The summed E-state index contributed by atoms with van der Waals surface area (Å²) in [5, 5.41) is 0.378. The van der Waals surface area contributed by atoms with Gasteiger partial charge in [0.25, 0.3) is 0 Å². The van der Waals surface area contributed by atoms with Crippen molar-refractivity contribution in [2.75, 3.05) is 7.11 Å². The summed E-state index contributed by atoms with van der Waals surface area (Å²) >= 11 is 10.2. The maximum absolute atomic E-state index is 12.5. The van der Waals surface area contributed by atoms with Crippen LogP contribution >= 0.6 is 27.5 Å². The minimum absolute atomic E-state index is 0.378. The van der Waals surface area contributed by atoms with Gasteiger partial charge in [-0.25, -0.2) is 9.78 Å². The Morgan fingerprint density at radius 1 is 1.29 bits per heavy atom. The summed E-state index contributed by atoms with van der Waals surface area (Å²) in [6.07, 6.45) is 0.923. The van der Waals surface area contributed by atoms with Crippen LogP contribution in [0.3, 0.4) is 0 Å². The summed E-state index contributed by atoms with van der Waals surface area (Å²) in [7, 11) is 1.34. The lowest BCUT2D eigenvalue weighted by atomic mass is 10.0. The molecule has 3 rings (SSSR count).